The summed E-state index contributed by atoms with van der Waals surface area (Å²) in [6.07, 6.45) is 2.68. The van der Waals surface area contributed by atoms with Crippen molar-refractivity contribution in [3.63, 3.8) is 0 Å². The number of amides is 1. The maximum absolute atomic E-state index is 12.6. The van der Waals surface area contributed by atoms with E-state index in [9.17, 15) is 14.7 Å². The molecule has 0 radical (unpaired) electrons. The van der Waals surface area contributed by atoms with Gasteiger partial charge in [-0.15, -0.1) is 0 Å². The number of imidazole rings is 1. The molecule has 0 spiro atoms. The highest BCUT2D eigenvalue weighted by Crippen LogP contribution is 2.25. The summed E-state index contributed by atoms with van der Waals surface area (Å²) in [5.74, 6) is -1.34. The molecule has 0 bridgehead atoms. The number of carboxylic acids is 1. The maximum atomic E-state index is 12.6. The number of nitrogens with zero attached hydrogens (tertiary/aromatic N) is 2. The van der Waals surface area contributed by atoms with Crippen LogP contribution in [0, 0.1) is 0 Å². The number of aromatic nitrogens is 2. The molecule has 1 amide bonds. The van der Waals surface area contributed by atoms with Crippen molar-refractivity contribution >= 4 is 11.9 Å². The smallest absolute Gasteiger partial charge is 0.326 e. The van der Waals surface area contributed by atoms with Crippen molar-refractivity contribution in [1.29, 1.82) is 0 Å². The second-order valence-electron chi connectivity index (χ2n) is 5.18. The van der Waals surface area contributed by atoms with E-state index in [0.29, 0.717) is 18.5 Å². The Morgan fingerprint density at radius 2 is 2.20 bits per heavy atom. The molecule has 4 N–H and O–H groups in total. The fourth-order valence-corrected chi connectivity index (χ4v) is 2.51. The highest BCUT2D eigenvalue weighted by molar-refractivity contribution is 5.90. The Bertz CT molecular complexity index is 521. The molecule has 2 heterocycles. The van der Waals surface area contributed by atoms with Crippen LogP contribution in [0.15, 0.2) is 6.33 Å². The molecular weight excluding hydrogens is 260 g/mol. The molecule has 1 atom stereocenters. The summed E-state index contributed by atoms with van der Waals surface area (Å²) in [6, 6.07) is -0.903. The molecule has 0 saturated heterocycles. The van der Waals surface area contributed by atoms with Crippen LogP contribution in [0.4, 0.5) is 0 Å². The van der Waals surface area contributed by atoms with E-state index in [4.69, 9.17) is 5.73 Å². The molecule has 0 aromatic carbocycles. The quantitative estimate of drug-likeness (QED) is 0.732. The van der Waals surface area contributed by atoms with E-state index in [-0.39, 0.29) is 18.9 Å². The lowest BCUT2D eigenvalue weighted by atomic mass is 9.90. The third-order valence-corrected chi connectivity index (χ3v) is 4.13. The Hall–Kier alpha value is -1.89. The first-order chi connectivity index (χ1) is 9.42. The number of nitrogens with one attached hydrogen (secondary N) is 1. The SMILES string of the molecule is CCC(N)(CC)C(=O)N1Cc2[nH]cnc2CC1C(=O)O. The lowest BCUT2D eigenvalue weighted by Gasteiger charge is -2.38. The molecule has 20 heavy (non-hydrogen) atoms. The number of aromatic amines is 1. The van der Waals surface area contributed by atoms with Gasteiger partial charge in [-0.25, -0.2) is 9.78 Å². The van der Waals surface area contributed by atoms with Gasteiger partial charge in [0.15, 0.2) is 0 Å². The van der Waals surface area contributed by atoms with Gasteiger partial charge >= 0.3 is 5.97 Å². The van der Waals surface area contributed by atoms with Crippen molar-refractivity contribution < 1.29 is 14.7 Å². The van der Waals surface area contributed by atoms with E-state index in [2.05, 4.69) is 9.97 Å². The fourth-order valence-electron chi connectivity index (χ4n) is 2.51. The van der Waals surface area contributed by atoms with Crippen LogP contribution in [-0.2, 0) is 22.6 Å². The Kier molecular flexibility index (Phi) is 3.80. The van der Waals surface area contributed by atoms with Crippen molar-refractivity contribution in [2.45, 2.75) is 51.2 Å². The van der Waals surface area contributed by atoms with Gasteiger partial charge in [0.25, 0.3) is 0 Å². The minimum atomic E-state index is -1.03. The molecule has 0 aliphatic carbocycles. The Morgan fingerprint density at radius 1 is 1.55 bits per heavy atom. The zero-order chi connectivity index (χ0) is 14.9. The van der Waals surface area contributed by atoms with Crippen molar-refractivity contribution in [3.8, 4) is 0 Å². The first-order valence-electron chi connectivity index (χ1n) is 6.76. The number of carbonyl (C=O) groups excluding carboxylic acids is 1. The molecule has 0 fully saturated rings. The number of H-pyrrole nitrogens is 1. The van der Waals surface area contributed by atoms with Gasteiger partial charge in [-0.05, 0) is 12.8 Å². The third-order valence-electron chi connectivity index (χ3n) is 4.13. The van der Waals surface area contributed by atoms with Crippen LogP contribution in [-0.4, -0.2) is 43.4 Å². The topological polar surface area (TPSA) is 112 Å². The average Bonchev–Trinajstić information content (AvgIpc) is 2.91. The highest BCUT2D eigenvalue weighted by atomic mass is 16.4. The number of hydrogen-bond acceptors (Lipinski definition) is 4. The highest BCUT2D eigenvalue weighted by Gasteiger charge is 2.42. The minimum absolute atomic E-state index is 0.212. The van der Waals surface area contributed by atoms with Crippen molar-refractivity contribution in [2.24, 2.45) is 5.73 Å². The molecule has 1 aromatic heterocycles. The molecule has 1 aliphatic rings. The molecule has 1 aromatic rings. The summed E-state index contributed by atoms with van der Waals surface area (Å²) in [4.78, 5) is 32.5. The number of carbonyl (C=O) groups is 2. The van der Waals surface area contributed by atoms with Gasteiger partial charge in [0.2, 0.25) is 5.91 Å². The first kappa shape index (κ1) is 14.5. The minimum Gasteiger partial charge on any atom is -0.480 e. The van der Waals surface area contributed by atoms with Crippen LogP contribution in [0.5, 0.6) is 0 Å². The summed E-state index contributed by atoms with van der Waals surface area (Å²) in [6.45, 7) is 3.88. The fraction of sp³-hybridized carbons (Fsp3) is 0.615. The molecule has 7 heteroatoms. The zero-order valence-corrected chi connectivity index (χ0v) is 11.7. The van der Waals surface area contributed by atoms with Gasteiger partial charge in [0.1, 0.15) is 6.04 Å². The lowest BCUT2D eigenvalue weighted by molar-refractivity contribution is -0.154. The van der Waals surface area contributed by atoms with Crippen LogP contribution in [0.25, 0.3) is 0 Å². The monoisotopic (exact) mass is 280 g/mol. The van der Waals surface area contributed by atoms with Crippen LogP contribution < -0.4 is 5.73 Å². The van der Waals surface area contributed by atoms with Crippen LogP contribution in [0.3, 0.4) is 0 Å². The number of hydrogen-bond donors (Lipinski definition) is 3. The van der Waals surface area contributed by atoms with Gasteiger partial charge in [0, 0.05) is 6.42 Å². The zero-order valence-electron chi connectivity index (χ0n) is 11.7. The van der Waals surface area contributed by atoms with E-state index in [0.717, 1.165) is 5.69 Å². The van der Waals surface area contributed by atoms with E-state index < -0.39 is 17.6 Å². The number of nitrogens with two attached hydrogens (primary N) is 1. The molecule has 1 aliphatic heterocycles. The Balaban J connectivity index is 2.33. The number of carboxylic acid groups (broad SMARTS) is 1. The van der Waals surface area contributed by atoms with Gasteiger partial charge in [-0.1, -0.05) is 13.8 Å². The normalized spacial score (nSPS) is 18.8. The largest absolute Gasteiger partial charge is 0.480 e. The predicted octanol–water partition coefficient (Wildman–Crippen LogP) is 0.265. The summed E-state index contributed by atoms with van der Waals surface area (Å²) in [5.41, 5.74) is 6.60. The van der Waals surface area contributed by atoms with Crippen molar-refractivity contribution in [2.75, 3.05) is 0 Å². The average molecular weight is 280 g/mol. The number of fused-ring (bicyclic) bond motifs is 1. The lowest BCUT2D eigenvalue weighted by Crippen LogP contribution is -2.60. The molecule has 2 rings (SSSR count). The van der Waals surface area contributed by atoms with Gasteiger partial charge in [-0.2, -0.15) is 0 Å². The predicted molar refractivity (Wildman–Crippen MR) is 71.8 cm³/mol. The second kappa shape index (κ2) is 5.24. The van der Waals surface area contributed by atoms with Crippen LogP contribution >= 0.6 is 0 Å². The van der Waals surface area contributed by atoms with Crippen LogP contribution in [0.1, 0.15) is 38.1 Å². The number of rotatable bonds is 4. The first-order valence-corrected chi connectivity index (χ1v) is 6.76. The molecule has 7 nitrogen and oxygen atoms in total. The van der Waals surface area contributed by atoms with E-state index >= 15 is 0 Å². The maximum Gasteiger partial charge on any atom is 0.326 e. The summed E-state index contributed by atoms with van der Waals surface area (Å²) in [5, 5.41) is 9.36. The molecule has 110 valence electrons. The summed E-state index contributed by atoms with van der Waals surface area (Å²) in [7, 11) is 0. The summed E-state index contributed by atoms with van der Waals surface area (Å²) < 4.78 is 0. The van der Waals surface area contributed by atoms with Gasteiger partial charge < -0.3 is 20.7 Å². The van der Waals surface area contributed by atoms with E-state index in [1.807, 2.05) is 13.8 Å². The van der Waals surface area contributed by atoms with E-state index in [1.54, 1.807) is 0 Å². The summed E-state index contributed by atoms with van der Waals surface area (Å²) >= 11 is 0. The van der Waals surface area contributed by atoms with E-state index in [1.165, 1.54) is 11.2 Å². The van der Waals surface area contributed by atoms with Gasteiger partial charge in [-0.3, -0.25) is 4.79 Å². The third kappa shape index (κ3) is 2.29. The van der Waals surface area contributed by atoms with Crippen LogP contribution in [0.2, 0.25) is 0 Å². The molecule has 0 saturated carbocycles. The standard InChI is InChI=1S/C13H20N4O3/c1-3-13(14,4-2)12(20)17-6-9-8(15-7-16-9)5-10(17)11(18)19/h7,10H,3-6,14H2,1-2H3,(H,15,16)(H,18,19). The Labute approximate surface area is 117 Å². The van der Waals surface area contributed by atoms with Crippen molar-refractivity contribution in [1.82, 2.24) is 14.9 Å². The number of aliphatic carboxylic acids is 1. The Morgan fingerprint density at radius 3 is 2.75 bits per heavy atom. The van der Waals surface area contributed by atoms with Crippen molar-refractivity contribution in [3.05, 3.63) is 17.7 Å². The van der Waals surface area contributed by atoms with Gasteiger partial charge in [0.05, 0.1) is 29.8 Å². The molecular formula is C13H20N4O3. The second-order valence-corrected chi connectivity index (χ2v) is 5.18. The molecule has 1 unspecified atom stereocenters.